The molecule has 0 aliphatic carbocycles. The quantitative estimate of drug-likeness (QED) is 0.638. The summed E-state index contributed by atoms with van der Waals surface area (Å²) in [6.07, 6.45) is 4.16. The highest BCUT2D eigenvalue weighted by Crippen LogP contribution is 2.07. The van der Waals surface area contributed by atoms with Crippen LogP contribution in [0.25, 0.3) is 0 Å². The van der Waals surface area contributed by atoms with Crippen molar-refractivity contribution in [2.75, 3.05) is 19.7 Å². The number of nitriles is 1. The van der Waals surface area contributed by atoms with Crippen LogP contribution >= 0.6 is 0 Å². The average molecular weight is 168 g/mol. The van der Waals surface area contributed by atoms with Crippen LogP contribution in [0, 0.1) is 11.3 Å². The molecule has 3 nitrogen and oxygen atoms in total. The summed E-state index contributed by atoms with van der Waals surface area (Å²) in [5.41, 5.74) is 0. The number of unbranched alkanes of at least 4 members (excludes halogenated alkanes) is 1. The van der Waals surface area contributed by atoms with E-state index in [1.54, 1.807) is 0 Å². The molecular formula is C9H16N2O. The van der Waals surface area contributed by atoms with Crippen LogP contribution < -0.4 is 5.32 Å². The van der Waals surface area contributed by atoms with Gasteiger partial charge in [-0.2, -0.15) is 5.26 Å². The first-order chi connectivity index (χ1) is 5.93. The van der Waals surface area contributed by atoms with Crippen LogP contribution in [0.5, 0.6) is 0 Å². The van der Waals surface area contributed by atoms with Crippen molar-refractivity contribution < 1.29 is 4.74 Å². The second-order valence-electron chi connectivity index (χ2n) is 3.08. The summed E-state index contributed by atoms with van der Waals surface area (Å²) in [5.74, 6) is 0. The van der Waals surface area contributed by atoms with E-state index in [1.807, 2.05) is 0 Å². The Hall–Kier alpha value is -0.590. The van der Waals surface area contributed by atoms with Crippen LogP contribution in [0.1, 0.15) is 25.7 Å². The third kappa shape index (κ3) is 3.70. The first-order valence-electron chi connectivity index (χ1n) is 4.63. The molecule has 1 aliphatic rings. The Kier molecular flexibility index (Phi) is 4.74. The van der Waals surface area contributed by atoms with Crippen LogP contribution in [-0.2, 0) is 4.74 Å². The molecule has 0 aromatic carbocycles. The van der Waals surface area contributed by atoms with Crippen LogP contribution in [-0.4, -0.2) is 25.8 Å². The Morgan fingerprint density at radius 3 is 2.83 bits per heavy atom. The van der Waals surface area contributed by atoms with E-state index in [9.17, 15) is 0 Å². The van der Waals surface area contributed by atoms with Gasteiger partial charge in [0, 0.05) is 13.0 Å². The topological polar surface area (TPSA) is 45.0 Å². The molecule has 1 fully saturated rings. The summed E-state index contributed by atoms with van der Waals surface area (Å²) >= 11 is 0. The minimum atomic E-state index is 0.435. The van der Waals surface area contributed by atoms with Gasteiger partial charge in [0.25, 0.3) is 0 Å². The van der Waals surface area contributed by atoms with Gasteiger partial charge in [-0.3, -0.25) is 0 Å². The predicted molar refractivity (Wildman–Crippen MR) is 46.7 cm³/mol. The van der Waals surface area contributed by atoms with Crippen molar-refractivity contribution in [2.45, 2.75) is 31.8 Å². The second-order valence-corrected chi connectivity index (χ2v) is 3.08. The Balaban J connectivity index is 1.95. The lowest BCUT2D eigenvalue weighted by atomic mass is 10.1. The maximum absolute atomic E-state index is 8.29. The minimum absolute atomic E-state index is 0.435. The van der Waals surface area contributed by atoms with Crippen molar-refractivity contribution in [3.8, 4) is 6.07 Å². The molecule has 1 rings (SSSR count). The fourth-order valence-electron chi connectivity index (χ4n) is 1.36. The van der Waals surface area contributed by atoms with Gasteiger partial charge in [0.1, 0.15) is 0 Å². The second kappa shape index (κ2) is 5.99. The largest absolute Gasteiger partial charge is 0.378 e. The molecule has 68 valence electrons. The van der Waals surface area contributed by atoms with Gasteiger partial charge in [-0.25, -0.2) is 0 Å². The molecule has 0 bridgehead atoms. The molecule has 1 aliphatic heterocycles. The van der Waals surface area contributed by atoms with Gasteiger partial charge < -0.3 is 10.1 Å². The van der Waals surface area contributed by atoms with E-state index in [0.29, 0.717) is 12.5 Å². The molecule has 3 heteroatoms. The van der Waals surface area contributed by atoms with Gasteiger partial charge in [0.15, 0.2) is 0 Å². The smallest absolute Gasteiger partial charge is 0.0622 e. The highest BCUT2D eigenvalue weighted by atomic mass is 16.5. The Labute approximate surface area is 73.7 Å². The van der Waals surface area contributed by atoms with Crippen molar-refractivity contribution in [2.24, 2.45) is 0 Å². The number of piperidine rings is 1. The Bertz CT molecular complexity index is 147. The van der Waals surface area contributed by atoms with Crippen molar-refractivity contribution in [1.82, 2.24) is 5.32 Å². The average Bonchev–Trinajstić information content (AvgIpc) is 2.14. The predicted octanol–water partition coefficient (Wildman–Crippen LogP) is 1.06. The molecule has 0 spiro atoms. The molecule has 0 aromatic rings. The molecule has 0 atom stereocenters. The SMILES string of the molecule is N#CCCCOC1CCNCC1. The van der Waals surface area contributed by atoms with Gasteiger partial charge in [-0.1, -0.05) is 0 Å². The first kappa shape index (κ1) is 9.50. The Morgan fingerprint density at radius 2 is 2.17 bits per heavy atom. The molecule has 0 saturated carbocycles. The third-order valence-electron chi connectivity index (χ3n) is 2.07. The highest BCUT2D eigenvalue weighted by Gasteiger charge is 2.12. The zero-order valence-corrected chi connectivity index (χ0v) is 7.38. The van der Waals surface area contributed by atoms with Crippen molar-refractivity contribution >= 4 is 0 Å². The molecule has 1 heterocycles. The summed E-state index contributed by atoms with van der Waals surface area (Å²) in [7, 11) is 0. The minimum Gasteiger partial charge on any atom is -0.378 e. The standard InChI is InChI=1S/C9H16N2O/c10-5-1-2-8-12-9-3-6-11-7-4-9/h9,11H,1-4,6-8H2. The molecule has 1 N–H and O–H groups in total. The number of nitrogens with one attached hydrogen (secondary N) is 1. The van der Waals surface area contributed by atoms with E-state index in [-0.39, 0.29) is 0 Å². The lowest BCUT2D eigenvalue weighted by Gasteiger charge is -2.22. The third-order valence-corrected chi connectivity index (χ3v) is 2.07. The fraction of sp³-hybridized carbons (Fsp3) is 0.889. The summed E-state index contributed by atoms with van der Waals surface area (Å²) in [4.78, 5) is 0. The molecule has 1 saturated heterocycles. The van der Waals surface area contributed by atoms with Crippen LogP contribution in [0.2, 0.25) is 0 Å². The molecule has 12 heavy (non-hydrogen) atoms. The van der Waals surface area contributed by atoms with Gasteiger partial charge in [-0.05, 0) is 32.4 Å². The zero-order valence-electron chi connectivity index (χ0n) is 7.38. The van der Waals surface area contributed by atoms with E-state index >= 15 is 0 Å². The maximum Gasteiger partial charge on any atom is 0.0622 e. The lowest BCUT2D eigenvalue weighted by Crippen LogP contribution is -2.32. The van der Waals surface area contributed by atoms with Crippen LogP contribution in [0.3, 0.4) is 0 Å². The van der Waals surface area contributed by atoms with Crippen molar-refractivity contribution in [3.05, 3.63) is 0 Å². The van der Waals surface area contributed by atoms with E-state index in [2.05, 4.69) is 11.4 Å². The zero-order chi connectivity index (χ0) is 8.65. The summed E-state index contributed by atoms with van der Waals surface area (Å²) in [6.45, 7) is 2.89. The van der Waals surface area contributed by atoms with Crippen molar-refractivity contribution in [1.29, 1.82) is 5.26 Å². The van der Waals surface area contributed by atoms with E-state index in [1.165, 1.54) is 0 Å². The Morgan fingerprint density at radius 1 is 1.42 bits per heavy atom. The first-order valence-corrected chi connectivity index (χ1v) is 4.63. The fourth-order valence-corrected chi connectivity index (χ4v) is 1.36. The molecule has 0 aromatic heterocycles. The normalized spacial score (nSPS) is 18.9. The van der Waals surface area contributed by atoms with E-state index in [4.69, 9.17) is 10.00 Å². The van der Waals surface area contributed by atoms with Gasteiger partial charge >= 0.3 is 0 Å². The molecule has 0 amide bonds. The molecule has 0 radical (unpaired) electrons. The molecule has 0 unspecified atom stereocenters. The van der Waals surface area contributed by atoms with Gasteiger partial charge in [0.05, 0.1) is 12.2 Å². The summed E-state index contributed by atoms with van der Waals surface area (Å²) in [6, 6.07) is 2.11. The number of ether oxygens (including phenoxy) is 1. The van der Waals surface area contributed by atoms with Gasteiger partial charge in [-0.15, -0.1) is 0 Å². The maximum atomic E-state index is 8.29. The summed E-state index contributed by atoms with van der Waals surface area (Å²) in [5, 5.41) is 11.6. The van der Waals surface area contributed by atoms with E-state index < -0.39 is 0 Å². The number of nitrogens with zero attached hydrogens (tertiary/aromatic N) is 1. The number of hydrogen-bond acceptors (Lipinski definition) is 3. The summed E-state index contributed by atoms with van der Waals surface area (Å²) < 4.78 is 5.59. The van der Waals surface area contributed by atoms with Crippen molar-refractivity contribution in [3.63, 3.8) is 0 Å². The number of rotatable bonds is 4. The highest BCUT2D eigenvalue weighted by molar-refractivity contribution is 4.70. The number of hydrogen-bond donors (Lipinski definition) is 1. The van der Waals surface area contributed by atoms with Crippen LogP contribution in [0.4, 0.5) is 0 Å². The van der Waals surface area contributed by atoms with Gasteiger partial charge in [0.2, 0.25) is 0 Å². The van der Waals surface area contributed by atoms with E-state index in [0.717, 1.165) is 39.0 Å². The monoisotopic (exact) mass is 168 g/mol. The molecular weight excluding hydrogens is 152 g/mol. The lowest BCUT2D eigenvalue weighted by molar-refractivity contribution is 0.0321. The van der Waals surface area contributed by atoms with Crippen LogP contribution in [0.15, 0.2) is 0 Å².